The van der Waals surface area contributed by atoms with Crippen LogP contribution >= 0.6 is 0 Å². The van der Waals surface area contributed by atoms with E-state index in [-0.39, 0.29) is 23.2 Å². The third-order valence-corrected chi connectivity index (χ3v) is 2.99. The summed E-state index contributed by atoms with van der Waals surface area (Å²) in [5.41, 5.74) is 0.443. The van der Waals surface area contributed by atoms with Gasteiger partial charge in [0.1, 0.15) is 28.4 Å². The molecule has 4 heteroatoms. The molecule has 4 nitrogen and oxygen atoms in total. The maximum Gasteiger partial charge on any atom is 0.167 e. The van der Waals surface area contributed by atoms with Crippen molar-refractivity contribution in [2.24, 2.45) is 0 Å². The van der Waals surface area contributed by atoms with Gasteiger partial charge in [-0.2, -0.15) is 0 Å². The van der Waals surface area contributed by atoms with Gasteiger partial charge in [-0.05, 0) is 46.8 Å². The van der Waals surface area contributed by atoms with Crippen molar-refractivity contribution in [1.82, 2.24) is 0 Å². The van der Waals surface area contributed by atoms with E-state index in [0.717, 1.165) is 0 Å². The molecule has 1 aliphatic rings. The highest BCUT2D eigenvalue weighted by atomic mass is 16.5. The Morgan fingerprint density at radius 1 is 1.40 bits per heavy atom. The van der Waals surface area contributed by atoms with Crippen LogP contribution in [-0.2, 0) is 0 Å². The van der Waals surface area contributed by atoms with E-state index in [4.69, 9.17) is 9.47 Å². The van der Waals surface area contributed by atoms with Crippen LogP contribution in [0.5, 0.6) is 17.2 Å². The summed E-state index contributed by atoms with van der Waals surface area (Å²) >= 11 is 0. The van der Waals surface area contributed by atoms with Crippen LogP contribution in [0.15, 0.2) is 12.1 Å². The van der Waals surface area contributed by atoms with E-state index in [9.17, 15) is 9.90 Å². The molecular formula is C16H20O4. The number of fused-ring (bicyclic) bond motifs is 1. The smallest absolute Gasteiger partial charge is 0.167 e. The quantitative estimate of drug-likeness (QED) is 0.857. The molecule has 0 aromatic heterocycles. The maximum absolute atomic E-state index is 11.8. The molecule has 0 spiro atoms. The van der Waals surface area contributed by atoms with Crippen LogP contribution in [0, 0.1) is 0 Å². The van der Waals surface area contributed by atoms with Crippen LogP contribution in [0.25, 0.3) is 6.08 Å². The molecule has 0 saturated carbocycles. The third-order valence-electron chi connectivity index (χ3n) is 2.99. The van der Waals surface area contributed by atoms with E-state index in [1.54, 1.807) is 0 Å². The molecule has 0 amide bonds. The Balaban J connectivity index is 2.67. The van der Waals surface area contributed by atoms with Crippen molar-refractivity contribution in [3.05, 3.63) is 23.3 Å². The lowest BCUT2D eigenvalue weighted by atomic mass is 9.97. The molecule has 0 fully saturated rings. The molecule has 1 N–H and O–H groups in total. The van der Waals surface area contributed by atoms with Crippen molar-refractivity contribution in [3.63, 3.8) is 0 Å². The summed E-state index contributed by atoms with van der Waals surface area (Å²) in [5, 5.41) is 10.1. The van der Waals surface area contributed by atoms with Crippen molar-refractivity contribution < 1.29 is 19.4 Å². The van der Waals surface area contributed by atoms with Gasteiger partial charge in [0, 0.05) is 6.07 Å². The van der Waals surface area contributed by atoms with Gasteiger partial charge in [-0.25, -0.2) is 0 Å². The molecule has 0 saturated heterocycles. The number of ether oxygens (including phenoxy) is 2. The van der Waals surface area contributed by atoms with E-state index in [1.165, 1.54) is 13.0 Å². The first-order chi connectivity index (χ1) is 9.21. The number of benzene rings is 1. The SMILES string of the molecule is CC(=O)c1c(O)cc2c(c1OC(C)C)C=CC(C)(C)O2. The van der Waals surface area contributed by atoms with Crippen molar-refractivity contribution in [2.45, 2.75) is 46.3 Å². The Morgan fingerprint density at radius 2 is 2.05 bits per heavy atom. The highest BCUT2D eigenvalue weighted by Gasteiger charge is 2.28. The van der Waals surface area contributed by atoms with E-state index >= 15 is 0 Å². The van der Waals surface area contributed by atoms with Crippen molar-refractivity contribution >= 4 is 11.9 Å². The van der Waals surface area contributed by atoms with Crippen molar-refractivity contribution in [2.75, 3.05) is 0 Å². The highest BCUT2D eigenvalue weighted by Crippen LogP contribution is 2.44. The minimum Gasteiger partial charge on any atom is -0.507 e. The maximum atomic E-state index is 11.8. The first kappa shape index (κ1) is 14.4. The standard InChI is InChI=1S/C16H20O4/c1-9(2)19-15-11-6-7-16(4,5)20-13(11)8-12(18)14(15)10(3)17/h6-9,18H,1-5H3. The number of phenols is 1. The summed E-state index contributed by atoms with van der Waals surface area (Å²) in [6.07, 6.45) is 3.67. The predicted molar refractivity (Wildman–Crippen MR) is 77.6 cm³/mol. The number of phenolic OH excluding ortho intramolecular Hbond substituents is 1. The Bertz CT molecular complexity index is 583. The summed E-state index contributed by atoms with van der Waals surface area (Å²) < 4.78 is 11.6. The Kier molecular flexibility index (Phi) is 3.50. The number of carbonyl (C=O) groups excluding carboxylic acids is 1. The summed E-state index contributed by atoms with van der Waals surface area (Å²) in [7, 11) is 0. The fourth-order valence-electron chi connectivity index (χ4n) is 2.18. The van der Waals surface area contributed by atoms with Crippen LogP contribution in [0.4, 0.5) is 0 Å². The zero-order chi connectivity index (χ0) is 15.1. The average molecular weight is 276 g/mol. The molecule has 1 heterocycles. The van der Waals surface area contributed by atoms with Gasteiger partial charge in [-0.15, -0.1) is 0 Å². The largest absolute Gasteiger partial charge is 0.507 e. The number of rotatable bonds is 3. The van der Waals surface area contributed by atoms with Gasteiger partial charge < -0.3 is 14.6 Å². The highest BCUT2D eigenvalue weighted by molar-refractivity contribution is 6.01. The molecule has 108 valence electrons. The van der Waals surface area contributed by atoms with Crippen LogP contribution in [0.1, 0.15) is 50.5 Å². The van der Waals surface area contributed by atoms with E-state index in [0.29, 0.717) is 17.1 Å². The van der Waals surface area contributed by atoms with Crippen LogP contribution in [0.2, 0.25) is 0 Å². The van der Waals surface area contributed by atoms with Gasteiger partial charge in [0.25, 0.3) is 0 Å². The van der Waals surface area contributed by atoms with Crippen LogP contribution in [0.3, 0.4) is 0 Å². The fourth-order valence-corrected chi connectivity index (χ4v) is 2.18. The molecule has 0 bridgehead atoms. The van der Waals surface area contributed by atoms with Gasteiger partial charge in [-0.3, -0.25) is 4.79 Å². The normalized spacial score (nSPS) is 15.7. The first-order valence-electron chi connectivity index (χ1n) is 6.67. The van der Waals surface area contributed by atoms with Gasteiger partial charge in [0.15, 0.2) is 5.78 Å². The minimum atomic E-state index is -0.452. The van der Waals surface area contributed by atoms with Crippen LogP contribution < -0.4 is 9.47 Å². The topological polar surface area (TPSA) is 55.8 Å². The molecule has 1 aliphatic heterocycles. The lowest BCUT2D eigenvalue weighted by Gasteiger charge is -2.30. The lowest BCUT2D eigenvalue weighted by Crippen LogP contribution is -2.28. The Hall–Kier alpha value is -1.97. The summed E-state index contributed by atoms with van der Waals surface area (Å²) in [6.45, 7) is 9.00. The summed E-state index contributed by atoms with van der Waals surface area (Å²) in [4.78, 5) is 11.8. The van der Waals surface area contributed by atoms with Gasteiger partial charge in [-0.1, -0.05) is 0 Å². The van der Waals surface area contributed by atoms with E-state index in [2.05, 4.69) is 0 Å². The predicted octanol–water partition coefficient (Wildman–Crippen LogP) is 3.57. The van der Waals surface area contributed by atoms with Gasteiger partial charge in [0.2, 0.25) is 0 Å². The minimum absolute atomic E-state index is 0.109. The Labute approximate surface area is 119 Å². The molecule has 0 atom stereocenters. The molecule has 1 aromatic carbocycles. The average Bonchev–Trinajstić information content (AvgIpc) is 2.25. The van der Waals surface area contributed by atoms with E-state index < -0.39 is 5.60 Å². The summed E-state index contributed by atoms with van der Waals surface area (Å²) in [6, 6.07) is 1.48. The zero-order valence-electron chi connectivity index (χ0n) is 12.5. The number of carbonyl (C=O) groups is 1. The van der Waals surface area contributed by atoms with E-state index in [1.807, 2.05) is 39.8 Å². The lowest BCUT2D eigenvalue weighted by molar-refractivity contribution is 0.100. The summed E-state index contributed by atoms with van der Waals surface area (Å²) in [5.74, 6) is 0.557. The first-order valence-corrected chi connectivity index (χ1v) is 6.67. The second-order valence-electron chi connectivity index (χ2n) is 5.77. The van der Waals surface area contributed by atoms with Gasteiger partial charge in [0.05, 0.1) is 11.7 Å². The number of Topliss-reactive ketones (excluding diaryl/α,β-unsaturated/α-hetero) is 1. The second-order valence-corrected chi connectivity index (χ2v) is 5.77. The molecule has 20 heavy (non-hydrogen) atoms. The second kappa shape index (κ2) is 4.85. The third kappa shape index (κ3) is 2.64. The number of hydrogen-bond acceptors (Lipinski definition) is 4. The van der Waals surface area contributed by atoms with Crippen LogP contribution in [-0.4, -0.2) is 22.6 Å². The fraction of sp³-hybridized carbons (Fsp3) is 0.438. The molecule has 1 aromatic rings. The molecular weight excluding hydrogens is 256 g/mol. The molecule has 0 unspecified atom stereocenters. The number of aromatic hydroxyl groups is 1. The molecule has 0 radical (unpaired) electrons. The molecule has 2 rings (SSSR count). The van der Waals surface area contributed by atoms with Crippen molar-refractivity contribution in [1.29, 1.82) is 0 Å². The number of hydrogen-bond donors (Lipinski definition) is 1. The Morgan fingerprint density at radius 3 is 2.60 bits per heavy atom. The zero-order valence-corrected chi connectivity index (χ0v) is 12.5. The van der Waals surface area contributed by atoms with Gasteiger partial charge >= 0.3 is 0 Å². The number of ketones is 1. The van der Waals surface area contributed by atoms with Crippen molar-refractivity contribution in [3.8, 4) is 17.2 Å². The monoisotopic (exact) mass is 276 g/mol. The molecule has 0 aliphatic carbocycles.